The van der Waals surface area contributed by atoms with Crippen LogP contribution < -0.4 is 16.0 Å². The lowest BCUT2D eigenvalue weighted by atomic mass is 10.1. The van der Waals surface area contributed by atoms with Crippen molar-refractivity contribution in [1.29, 1.82) is 0 Å². The maximum atomic E-state index is 12.3. The van der Waals surface area contributed by atoms with Crippen molar-refractivity contribution in [2.75, 3.05) is 16.0 Å². The van der Waals surface area contributed by atoms with Crippen molar-refractivity contribution in [2.24, 2.45) is 0 Å². The van der Waals surface area contributed by atoms with Crippen LogP contribution in [0.4, 0.5) is 17.3 Å². The van der Waals surface area contributed by atoms with Gasteiger partial charge < -0.3 is 16.0 Å². The van der Waals surface area contributed by atoms with Gasteiger partial charge in [0.15, 0.2) is 0 Å². The van der Waals surface area contributed by atoms with Crippen molar-refractivity contribution in [3.8, 4) is 0 Å². The number of nitrogens with zero attached hydrogens (tertiary/aromatic N) is 2. The number of rotatable bonds is 4. The van der Waals surface area contributed by atoms with Crippen LogP contribution in [0.25, 0.3) is 0 Å². The Kier molecular flexibility index (Phi) is 5.13. The first-order valence-electron chi connectivity index (χ1n) is 7.53. The van der Waals surface area contributed by atoms with Crippen molar-refractivity contribution in [2.45, 2.75) is 33.2 Å². The number of amides is 2. The maximum Gasteiger partial charge on any atom is 0.274 e. The smallest absolute Gasteiger partial charge is 0.274 e. The molecule has 1 aromatic carbocycles. The van der Waals surface area contributed by atoms with Crippen LogP contribution in [-0.4, -0.2) is 27.3 Å². The van der Waals surface area contributed by atoms with Crippen LogP contribution in [-0.2, 0) is 4.79 Å². The summed E-state index contributed by atoms with van der Waals surface area (Å²) in [5.41, 5.74) is 1.34. The fraction of sp³-hybridized carbons (Fsp3) is 0.294. The molecule has 0 aliphatic heterocycles. The highest BCUT2D eigenvalue weighted by molar-refractivity contribution is 6.03. The summed E-state index contributed by atoms with van der Waals surface area (Å²) < 4.78 is 0. The molecule has 2 amide bonds. The third-order valence-electron chi connectivity index (χ3n) is 2.84. The highest BCUT2D eigenvalue weighted by Gasteiger charge is 2.14. The normalized spacial score (nSPS) is 10.8. The monoisotopic (exact) mass is 327 g/mol. The Balaban J connectivity index is 2.07. The molecule has 0 aliphatic carbocycles. The van der Waals surface area contributed by atoms with Gasteiger partial charge in [-0.3, -0.25) is 9.59 Å². The molecule has 0 bridgehead atoms. The molecule has 0 radical (unpaired) electrons. The van der Waals surface area contributed by atoms with E-state index in [-0.39, 0.29) is 23.0 Å². The maximum absolute atomic E-state index is 12.3. The van der Waals surface area contributed by atoms with Crippen LogP contribution >= 0.6 is 0 Å². The highest BCUT2D eigenvalue weighted by Crippen LogP contribution is 2.15. The molecule has 3 N–H and O–H groups in total. The van der Waals surface area contributed by atoms with Crippen molar-refractivity contribution >= 4 is 29.1 Å². The third kappa shape index (κ3) is 5.35. The number of aromatic nitrogens is 2. The summed E-state index contributed by atoms with van der Waals surface area (Å²) in [5.74, 6) is -0.0792. The fourth-order valence-corrected chi connectivity index (χ4v) is 1.92. The van der Waals surface area contributed by atoms with Gasteiger partial charge in [-0.05, 0) is 51.1 Å². The van der Waals surface area contributed by atoms with Gasteiger partial charge in [-0.25, -0.2) is 9.97 Å². The number of benzene rings is 1. The van der Waals surface area contributed by atoms with Gasteiger partial charge in [-0.2, -0.15) is 0 Å². The molecule has 0 aliphatic rings. The summed E-state index contributed by atoms with van der Waals surface area (Å²) in [4.78, 5) is 31.6. The minimum absolute atomic E-state index is 0.147. The number of carbonyl (C=O) groups is 2. The molecule has 0 saturated carbocycles. The lowest BCUT2D eigenvalue weighted by Crippen LogP contribution is -2.28. The highest BCUT2D eigenvalue weighted by atomic mass is 16.2. The molecule has 126 valence electrons. The zero-order chi connectivity index (χ0) is 17.7. The van der Waals surface area contributed by atoms with Crippen molar-refractivity contribution in [1.82, 2.24) is 9.97 Å². The molecule has 0 atom stereocenters. The second-order valence-corrected chi connectivity index (χ2v) is 6.35. The van der Waals surface area contributed by atoms with Crippen LogP contribution in [0.1, 0.15) is 38.2 Å². The van der Waals surface area contributed by atoms with Gasteiger partial charge in [0, 0.05) is 30.0 Å². The molecule has 1 aromatic heterocycles. The predicted molar refractivity (Wildman–Crippen MR) is 94.1 cm³/mol. The number of carbonyl (C=O) groups excluding carboxylic acids is 2. The van der Waals surface area contributed by atoms with E-state index in [9.17, 15) is 9.59 Å². The van der Waals surface area contributed by atoms with Gasteiger partial charge >= 0.3 is 0 Å². The topological polar surface area (TPSA) is 96.0 Å². The third-order valence-corrected chi connectivity index (χ3v) is 2.84. The predicted octanol–water partition coefficient (Wildman–Crippen LogP) is 2.90. The quantitative estimate of drug-likeness (QED) is 0.802. The summed E-state index contributed by atoms with van der Waals surface area (Å²) in [6, 6.07) is 8.39. The zero-order valence-corrected chi connectivity index (χ0v) is 14.2. The summed E-state index contributed by atoms with van der Waals surface area (Å²) in [6.07, 6.45) is 1.54. The standard InChI is InChI=1S/C17H21N5O2/c1-11(23)19-12-5-7-13(8-6-12)20-15(24)14-9-10-18-16(21-14)22-17(2,3)4/h5-10H,1-4H3,(H,19,23)(H,20,24)(H,18,21,22). The lowest BCUT2D eigenvalue weighted by molar-refractivity contribution is -0.114. The molecular weight excluding hydrogens is 306 g/mol. The molecule has 2 aromatic rings. The Bertz CT molecular complexity index is 735. The van der Waals surface area contributed by atoms with Gasteiger partial charge in [0.25, 0.3) is 5.91 Å². The minimum atomic E-state index is -0.332. The van der Waals surface area contributed by atoms with Crippen LogP contribution in [0.15, 0.2) is 36.5 Å². The van der Waals surface area contributed by atoms with E-state index in [0.717, 1.165) is 0 Å². The molecule has 0 spiro atoms. The molecule has 0 saturated heterocycles. The second-order valence-electron chi connectivity index (χ2n) is 6.35. The van der Waals surface area contributed by atoms with Gasteiger partial charge in [0.2, 0.25) is 11.9 Å². The van der Waals surface area contributed by atoms with Gasteiger partial charge in [0.1, 0.15) is 5.69 Å². The second kappa shape index (κ2) is 7.08. The van der Waals surface area contributed by atoms with Gasteiger partial charge in [-0.15, -0.1) is 0 Å². The van der Waals surface area contributed by atoms with Crippen LogP contribution in [0.3, 0.4) is 0 Å². The molecule has 0 fully saturated rings. The molecule has 24 heavy (non-hydrogen) atoms. The van der Waals surface area contributed by atoms with E-state index < -0.39 is 0 Å². The van der Waals surface area contributed by atoms with E-state index in [2.05, 4.69) is 25.9 Å². The number of nitrogens with one attached hydrogen (secondary N) is 3. The van der Waals surface area contributed by atoms with E-state index >= 15 is 0 Å². The fourth-order valence-electron chi connectivity index (χ4n) is 1.92. The lowest BCUT2D eigenvalue weighted by Gasteiger charge is -2.20. The number of anilines is 3. The van der Waals surface area contributed by atoms with Crippen LogP contribution in [0.2, 0.25) is 0 Å². The van der Waals surface area contributed by atoms with E-state index in [0.29, 0.717) is 17.3 Å². The average molecular weight is 327 g/mol. The Hall–Kier alpha value is -2.96. The Morgan fingerprint density at radius 3 is 2.08 bits per heavy atom. The van der Waals surface area contributed by atoms with Crippen molar-refractivity contribution in [3.05, 3.63) is 42.2 Å². The molecule has 0 unspecified atom stereocenters. The zero-order valence-electron chi connectivity index (χ0n) is 14.2. The van der Waals surface area contributed by atoms with E-state index in [1.54, 1.807) is 30.3 Å². The van der Waals surface area contributed by atoms with Gasteiger partial charge in [0.05, 0.1) is 0 Å². The van der Waals surface area contributed by atoms with Crippen molar-refractivity contribution in [3.63, 3.8) is 0 Å². The molecule has 1 heterocycles. The summed E-state index contributed by atoms with van der Waals surface area (Å²) in [6.45, 7) is 7.40. The number of hydrogen-bond donors (Lipinski definition) is 3. The SMILES string of the molecule is CC(=O)Nc1ccc(NC(=O)c2ccnc(NC(C)(C)C)n2)cc1. The summed E-state index contributed by atoms with van der Waals surface area (Å²) in [5, 5.41) is 8.55. The molecule has 7 nitrogen and oxygen atoms in total. The Morgan fingerprint density at radius 1 is 0.958 bits per heavy atom. The first-order chi connectivity index (χ1) is 11.2. The largest absolute Gasteiger partial charge is 0.350 e. The Morgan fingerprint density at radius 2 is 1.54 bits per heavy atom. The molecule has 7 heteroatoms. The molecular formula is C17H21N5O2. The summed E-state index contributed by atoms with van der Waals surface area (Å²) in [7, 11) is 0. The molecule has 2 rings (SSSR count). The van der Waals surface area contributed by atoms with Crippen molar-refractivity contribution < 1.29 is 9.59 Å². The summed E-state index contributed by atoms with van der Waals surface area (Å²) >= 11 is 0. The first kappa shape index (κ1) is 17.4. The van der Waals surface area contributed by atoms with E-state index in [1.165, 1.54) is 13.1 Å². The van der Waals surface area contributed by atoms with E-state index in [1.807, 2.05) is 20.8 Å². The van der Waals surface area contributed by atoms with Crippen LogP contribution in [0.5, 0.6) is 0 Å². The minimum Gasteiger partial charge on any atom is -0.350 e. The Labute approximate surface area is 140 Å². The average Bonchev–Trinajstić information content (AvgIpc) is 2.47. The first-order valence-corrected chi connectivity index (χ1v) is 7.53. The number of hydrogen-bond acceptors (Lipinski definition) is 5. The van der Waals surface area contributed by atoms with Gasteiger partial charge in [-0.1, -0.05) is 0 Å². The van der Waals surface area contributed by atoms with Crippen LogP contribution in [0, 0.1) is 0 Å². The van der Waals surface area contributed by atoms with E-state index in [4.69, 9.17) is 0 Å².